The third-order valence-electron chi connectivity index (χ3n) is 3.13. The highest BCUT2D eigenvalue weighted by atomic mass is 79.9. The molecule has 5 heteroatoms. The Morgan fingerprint density at radius 2 is 2.35 bits per heavy atom. The molecule has 0 spiro atoms. The van der Waals surface area contributed by atoms with Crippen LogP contribution in [0.5, 0.6) is 0 Å². The minimum atomic E-state index is 0.440. The molecule has 0 radical (unpaired) electrons. The van der Waals surface area contributed by atoms with Crippen LogP contribution < -0.4 is 0 Å². The van der Waals surface area contributed by atoms with E-state index in [0.29, 0.717) is 6.04 Å². The number of hydrogen-bond donors (Lipinski definition) is 1. The Morgan fingerprint density at radius 3 is 3.12 bits per heavy atom. The standard InChI is InChI=1S/C12H12BrN3S/c13-8-6-10-11(14-7-8)16(12(17)15-10)9-4-2-1-3-5-9/h1-2,6-7,9H,3-5H2,(H,15,17). The van der Waals surface area contributed by atoms with Gasteiger partial charge in [0, 0.05) is 16.7 Å². The van der Waals surface area contributed by atoms with Gasteiger partial charge in [-0.2, -0.15) is 0 Å². The third-order valence-corrected chi connectivity index (χ3v) is 3.86. The van der Waals surface area contributed by atoms with Crippen molar-refractivity contribution in [2.24, 2.45) is 0 Å². The maximum atomic E-state index is 5.41. The maximum absolute atomic E-state index is 5.41. The molecule has 17 heavy (non-hydrogen) atoms. The lowest BCUT2D eigenvalue weighted by Crippen LogP contribution is -2.10. The molecular formula is C12H12BrN3S. The smallest absolute Gasteiger partial charge is 0.179 e. The van der Waals surface area contributed by atoms with Crippen molar-refractivity contribution in [3.05, 3.63) is 33.7 Å². The number of hydrogen-bond acceptors (Lipinski definition) is 2. The molecular weight excluding hydrogens is 298 g/mol. The number of imidazole rings is 1. The summed E-state index contributed by atoms with van der Waals surface area (Å²) < 4.78 is 3.89. The Kier molecular flexibility index (Phi) is 2.88. The molecule has 0 fully saturated rings. The van der Waals surface area contributed by atoms with Crippen LogP contribution in [0.3, 0.4) is 0 Å². The monoisotopic (exact) mass is 309 g/mol. The van der Waals surface area contributed by atoms with E-state index in [2.05, 4.69) is 42.6 Å². The first-order valence-electron chi connectivity index (χ1n) is 5.66. The fraction of sp³-hybridized carbons (Fsp3) is 0.333. The van der Waals surface area contributed by atoms with Crippen LogP contribution in [0, 0.1) is 4.77 Å². The number of nitrogens with one attached hydrogen (secondary N) is 1. The minimum Gasteiger partial charge on any atom is -0.329 e. The number of pyridine rings is 1. The molecule has 0 aromatic carbocycles. The van der Waals surface area contributed by atoms with Crippen molar-refractivity contribution in [1.29, 1.82) is 0 Å². The maximum Gasteiger partial charge on any atom is 0.179 e. The zero-order valence-electron chi connectivity index (χ0n) is 9.19. The van der Waals surface area contributed by atoms with Crippen LogP contribution in [0.15, 0.2) is 28.9 Å². The van der Waals surface area contributed by atoms with Crippen molar-refractivity contribution in [2.75, 3.05) is 0 Å². The largest absolute Gasteiger partial charge is 0.329 e. The number of allylic oxidation sites excluding steroid dienone is 2. The number of aromatic amines is 1. The lowest BCUT2D eigenvalue weighted by molar-refractivity contribution is 0.465. The van der Waals surface area contributed by atoms with Gasteiger partial charge in [-0.3, -0.25) is 4.57 Å². The minimum absolute atomic E-state index is 0.440. The van der Waals surface area contributed by atoms with Crippen LogP contribution in [-0.4, -0.2) is 14.5 Å². The highest BCUT2D eigenvalue weighted by Crippen LogP contribution is 2.28. The molecule has 2 aromatic rings. The molecule has 0 bridgehead atoms. The van der Waals surface area contributed by atoms with E-state index in [1.165, 1.54) is 0 Å². The molecule has 1 unspecified atom stereocenters. The van der Waals surface area contributed by atoms with E-state index in [1.807, 2.05) is 12.3 Å². The van der Waals surface area contributed by atoms with E-state index in [0.717, 1.165) is 39.7 Å². The molecule has 1 N–H and O–H groups in total. The van der Waals surface area contributed by atoms with E-state index in [-0.39, 0.29) is 0 Å². The first kappa shape index (κ1) is 11.2. The van der Waals surface area contributed by atoms with Gasteiger partial charge in [-0.25, -0.2) is 4.98 Å². The normalized spacial score (nSPS) is 19.9. The van der Waals surface area contributed by atoms with E-state index in [9.17, 15) is 0 Å². The summed E-state index contributed by atoms with van der Waals surface area (Å²) in [5.41, 5.74) is 1.96. The molecule has 0 amide bonds. The fourth-order valence-corrected chi connectivity index (χ4v) is 3.02. The Hall–Kier alpha value is -0.940. The second kappa shape index (κ2) is 4.38. The van der Waals surface area contributed by atoms with Crippen LogP contribution in [0.2, 0.25) is 0 Å². The number of rotatable bonds is 1. The van der Waals surface area contributed by atoms with Gasteiger partial charge in [0.25, 0.3) is 0 Å². The van der Waals surface area contributed by atoms with Crippen LogP contribution in [0.25, 0.3) is 11.2 Å². The zero-order valence-corrected chi connectivity index (χ0v) is 11.6. The molecule has 0 aliphatic heterocycles. The predicted molar refractivity (Wildman–Crippen MR) is 74.6 cm³/mol. The van der Waals surface area contributed by atoms with E-state index in [1.54, 1.807) is 0 Å². The molecule has 0 saturated heterocycles. The second-order valence-corrected chi connectivity index (χ2v) is 5.57. The van der Waals surface area contributed by atoms with Gasteiger partial charge in [-0.05, 0) is 53.5 Å². The number of nitrogens with zero attached hydrogens (tertiary/aromatic N) is 2. The lowest BCUT2D eigenvalue weighted by atomic mass is 10.0. The van der Waals surface area contributed by atoms with Gasteiger partial charge >= 0.3 is 0 Å². The summed E-state index contributed by atoms with van der Waals surface area (Å²) in [7, 11) is 0. The van der Waals surface area contributed by atoms with Gasteiger partial charge in [0.15, 0.2) is 10.4 Å². The molecule has 1 aliphatic carbocycles. The number of fused-ring (bicyclic) bond motifs is 1. The average molecular weight is 310 g/mol. The fourth-order valence-electron chi connectivity index (χ4n) is 2.34. The molecule has 1 aliphatic rings. The molecule has 88 valence electrons. The first-order chi connectivity index (χ1) is 8.25. The Balaban J connectivity index is 2.18. The van der Waals surface area contributed by atoms with Crippen molar-refractivity contribution in [1.82, 2.24) is 14.5 Å². The molecule has 2 heterocycles. The van der Waals surface area contributed by atoms with Crippen molar-refractivity contribution in [3.8, 4) is 0 Å². The van der Waals surface area contributed by atoms with Crippen LogP contribution in [-0.2, 0) is 0 Å². The average Bonchev–Trinajstić information content (AvgIpc) is 2.65. The molecule has 1 atom stereocenters. The van der Waals surface area contributed by atoms with Gasteiger partial charge in [0.05, 0.1) is 5.52 Å². The van der Waals surface area contributed by atoms with Crippen molar-refractivity contribution in [3.63, 3.8) is 0 Å². The van der Waals surface area contributed by atoms with Gasteiger partial charge in [0.2, 0.25) is 0 Å². The van der Waals surface area contributed by atoms with E-state index in [4.69, 9.17) is 12.2 Å². The Morgan fingerprint density at radius 1 is 1.47 bits per heavy atom. The lowest BCUT2D eigenvalue weighted by Gasteiger charge is -2.19. The summed E-state index contributed by atoms with van der Waals surface area (Å²) >= 11 is 8.83. The van der Waals surface area contributed by atoms with E-state index < -0.39 is 0 Å². The summed E-state index contributed by atoms with van der Waals surface area (Å²) in [5.74, 6) is 0. The summed E-state index contributed by atoms with van der Waals surface area (Å²) in [6.45, 7) is 0. The Labute approximate surface area is 113 Å². The van der Waals surface area contributed by atoms with Crippen molar-refractivity contribution in [2.45, 2.75) is 25.3 Å². The first-order valence-corrected chi connectivity index (χ1v) is 6.86. The van der Waals surface area contributed by atoms with Gasteiger partial charge < -0.3 is 4.98 Å². The zero-order chi connectivity index (χ0) is 11.8. The topological polar surface area (TPSA) is 33.6 Å². The summed E-state index contributed by atoms with van der Waals surface area (Å²) in [6, 6.07) is 2.46. The summed E-state index contributed by atoms with van der Waals surface area (Å²) in [5, 5.41) is 0. The highest BCUT2D eigenvalue weighted by molar-refractivity contribution is 9.10. The van der Waals surface area contributed by atoms with Crippen LogP contribution >= 0.6 is 28.1 Å². The van der Waals surface area contributed by atoms with Gasteiger partial charge in [-0.1, -0.05) is 12.2 Å². The quantitative estimate of drug-likeness (QED) is 0.634. The number of halogens is 1. The molecule has 3 rings (SSSR count). The summed E-state index contributed by atoms with van der Waals surface area (Å²) in [4.78, 5) is 7.70. The van der Waals surface area contributed by atoms with Gasteiger partial charge in [0.1, 0.15) is 0 Å². The number of H-pyrrole nitrogens is 1. The van der Waals surface area contributed by atoms with E-state index >= 15 is 0 Å². The second-order valence-electron chi connectivity index (χ2n) is 4.26. The Bertz CT molecular complexity index is 641. The third kappa shape index (κ3) is 1.98. The predicted octanol–water partition coefficient (Wildman–Crippen LogP) is 4.14. The SMILES string of the molecule is S=c1[nH]c2cc(Br)cnc2n1C1CC=CCC1. The summed E-state index contributed by atoms with van der Waals surface area (Å²) in [6.07, 6.45) is 9.58. The molecule has 2 aromatic heterocycles. The van der Waals surface area contributed by atoms with Crippen molar-refractivity contribution < 1.29 is 0 Å². The van der Waals surface area contributed by atoms with Gasteiger partial charge in [-0.15, -0.1) is 0 Å². The highest BCUT2D eigenvalue weighted by Gasteiger charge is 2.16. The van der Waals surface area contributed by atoms with Crippen molar-refractivity contribution >= 4 is 39.3 Å². The number of aromatic nitrogens is 3. The van der Waals surface area contributed by atoms with Crippen LogP contribution in [0.1, 0.15) is 25.3 Å². The van der Waals surface area contributed by atoms with Crippen LogP contribution in [0.4, 0.5) is 0 Å². The molecule has 0 saturated carbocycles. The molecule has 3 nitrogen and oxygen atoms in total.